The Morgan fingerprint density at radius 1 is 0.842 bits per heavy atom. The smallest absolute Gasteiger partial charge is 0.255 e. The van der Waals surface area contributed by atoms with Gasteiger partial charge >= 0.3 is 0 Å². The van der Waals surface area contributed by atoms with Crippen molar-refractivity contribution >= 4 is 28.8 Å². The zero-order chi connectivity index (χ0) is 41.2. The monoisotopic (exact) mass is 795 g/mol. The fourth-order valence-corrected chi connectivity index (χ4v) is 7.39. The quantitative estimate of drug-likeness (QED) is 0.0664. The molecule has 0 bridgehead atoms. The molecule has 57 heavy (non-hydrogen) atoms. The van der Waals surface area contributed by atoms with Gasteiger partial charge in [0.1, 0.15) is 30.3 Å². The van der Waals surface area contributed by atoms with Gasteiger partial charge in [0, 0.05) is 7.11 Å². The van der Waals surface area contributed by atoms with Gasteiger partial charge in [-0.25, -0.2) is 4.98 Å². The number of amides is 3. The lowest BCUT2D eigenvalue weighted by atomic mass is 9.79. The van der Waals surface area contributed by atoms with Crippen LogP contribution < -0.4 is 20.7 Å². The number of aromatic amines is 1. The topological polar surface area (TPSA) is 193 Å². The summed E-state index contributed by atoms with van der Waals surface area (Å²) in [4.78, 5) is 49.3. The van der Waals surface area contributed by atoms with E-state index >= 15 is 0 Å². The molecular formula is C43H65N5O9. The predicted octanol–water partition coefficient (Wildman–Crippen LogP) is 4.53. The summed E-state index contributed by atoms with van der Waals surface area (Å²) in [6.45, 7) is 9.86. The van der Waals surface area contributed by atoms with Gasteiger partial charge in [-0.1, -0.05) is 90.5 Å². The molecule has 1 fully saturated rings. The fraction of sp³-hybridized carbons (Fsp3) is 0.628. The van der Waals surface area contributed by atoms with E-state index < -0.39 is 47.9 Å². The van der Waals surface area contributed by atoms with E-state index in [2.05, 4.69) is 25.9 Å². The number of methoxy groups -OCH3 is 1. The van der Waals surface area contributed by atoms with Crippen LogP contribution in [0, 0.1) is 23.7 Å². The lowest BCUT2D eigenvalue weighted by molar-refractivity contribution is -0.140. The second-order valence-corrected chi connectivity index (χ2v) is 15.4. The first-order chi connectivity index (χ1) is 27.5. The van der Waals surface area contributed by atoms with Crippen molar-refractivity contribution in [3.8, 4) is 5.75 Å². The molecule has 3 aromatic rings. The summed E-state index contributed by atoms with van der Waals surface area (Å²) in [7, 11) is 1.61. The number of rotatable bonds is 25. The van der Waals surface area contributed by atoms with Crippen molar-refractivity contribution in [3.05, 3.63) is 59.9 Å². The standard InChI is InChI=1S/C43H65N5O9/c1-6-29(4)38(43(53)44-27-36-45-32-17-11-12-18-33(32)46-36)48-42(52)37(28(2)3)40(50)39(49)34(26-30-14-8-7-9-15-30)47-41(51)31-16-10-13-19-35(31)57-25-24-56-23-22-55-21-20-54-5/h10-13,16-19,28-30,34,37-40,49-50H,6-9,14-15,20-27H2,1-5H3,(H,44,53)(H,45,46)(H,47,51)(H,48,52)/t29-,34-,37+,38-,39+,40+/m0/s1. The maximum atomic E-state index is 14.1. The number of aromatic nitrogens is 2. The lowest BCUT2D eigenvalue weighted by Crippen LogP contribution is -2.57. The first kappa shape index (κ1) is 45.6. The normalized spacial score (nSPS) is 16.7. The van der Waals surface area contributed by atoms with Crippen molar-refractivity contribution < 1.29 is 43.5 Å². The Morgan fingerprint density at radius 3 is 2.19 bits per heavy atom. The van der Waals surface area contributed by atoms with E-state index in [1.807, 2.05) is 38.1 Å². The maximum absolute atomic E-state index is 14.1. The van der Waals surface area contributed by atoms with Crippen LogP contribution in [0.4, 0.5) is 0 Å². The van der Waals surface area contributed by atoms with Gasteiger partial charge in [0.25, 0.3) is 5.91 Å². The lowest BCUT2D eigenvalue weighted by Gasteiger charge is -2.36. The van der Waals surface area contributed by atoms with Crippen LogP contribution in [0.1, 0.15) is 88.8 Å². The molecule has 1 aliphatic rings. The Kier molecular flexibility index (Phi) is 19.2. The Bertz CT molecular complexity index is 1630. The van der Waals surface area contributed by atoms with Crippen molar-refractivity contribution in [3.63, 3.8) is 0 Å². The number of carbonyl (C=O) groups is 3. The number of aliphatic hydroxyl groups excluding tert-OH is 2. The summed E-state index contributed by atoms with van der Waals surface area (Å²) >= 11 is 0. The molecule has 1 aromatic heterocycles. The molecule has 0 saturated heterocycles. The molecule has 3 amide bonds. The average molecular weight is 796 g/mol. The second-order valence-electron chi connectivity index (χ2n) is 15.4. The zero-order valence-corrected chi connectivity index (χ0v) is 34.3. The van der Waals surface area contributed by atoms with Gasteiger partial charge in [0.05, 0.1) is 74.2 Å². The third-order valence-corrected chi connectivity index (χ3v) is 10.9. The van der Waals surface area contributed by atoms with E-state index in [-0.39, 0.29) is 43.1 Å². The van der Waals surface area contributed by atoms with E-state index in [0.717, 1.165) is 43.1 Å². The summed E-state index contributed by atoms with van der Waals surface area (Å²) in [5.41, 5.74) is 1.92. The van der Waals surface area contributed by atoms with Crippen LogP contribution in [0.5, 0.6) is 5.75 Å². The molecule has 316 valence electrons. The third kappa shape index (κ3) is 14.1. The minimum absolute atomic E-state index is 0.140. The van der Waals surface area contributed by atoms with Crippen LogP contribution in [-0.4, -0.2) is 109 Å². The molecular weight excluding hydrogens is 730 g/mol. The van der Waals surface area contributed by atoms with E-state index in [1.165, 1.54) is 0 Å². The number of nitrogens with zero attached hydrogens (tertiary/aromatic N) is 1. The molecule has 6 atom stereocenters. The summed E-state index contributed by atoms with van der Waals surface area (Å²) in [5, 5.41) is 32.6. The second kappa shape index (κ2) is 24.0. The van der Waals surface area contributed by atoms with Gasteiger partial charge in [-0.2, -0.15) is 0 Å². The third-order valence-electron chi connectivity index (χ3n) is 10.9. The highest BCUT2D eigenvalue weighted by atomic mass is 16.6. The molecule has 6 N–H and O–H groups in total. The van der Waals surface area contributed by atoms with Crippen LogP contribution in [0.2, 0.25) is 0 Å². The molecule has 0 spiro atoms. The van der Waals surface area contributed by atoms with E-state index in [9.17, 15) is 24.6 Å². The summed E-state index contributed by atoms with van der Waals surface area (Å²) in [5.74, 6) is -1.95. The van der Waals surface area contributed by atoms with E-state index in [0.29, 0.717) is 50.8 Å². The molecule has 1 heterocycles. The number of imidazole rings is 1. The molecule has 14 heteroatoms. The predicted molar refractivity (Wildman–Crippen MR) is 218 cm³/mol. The highest BCUT2D eigenvalue weighted by Gasteiger charge is 2.41. The molecule has 14 nitrogen and oxygen atoms in total. The minimum Gasteiger partial charge on any atom is -0.490 e. The SMILES string of the molecule is CC[C@H](C)[C@H](NC(=O)[C@H](C(C)C)[C@@H](O)[C@H](O)[C@H](CC1CCCCC1)NC(=O)c1ccccc1OCCOCCOCCOC)C(=O)NCc1nc2ccccc2[nH]1. The first-order valence-corrected chi connectivity index (χ1v) is 20.6. The number of para-hydroxylation sites is 3. The number of ether oxygens (including phenoxy) is 4. The molecule has 1 saturated carbocycles. The zero-order valence-electron chi connectivity index (χ0n) is 34.3. The number of carbonyl (C=O) groups excluding carboxylic acids is 3. The van der Waals surface area contributed by atoms with Gasteiger partial charge in [-0.05, 0) is 48.4 Å². The van der Waals surface area contributed by atoms with E-state index in [4.69, 9.17) is 18.9 Å². The molecule has 2 aromatic carbocycles. The van der Waals surface area contributed by atoms with Crippen LogP contribution in [0.15, 0.2) is 48.5 Å². The fourth-order valence-electron chi connectivity index (χ4n) is 7.39. The van der Waals surface area contributed by atoms with Gasteiger partial charge in [-0.15, -0.1) is 0 Å². The van der Waals surface area contributed by atoms with Crippen LogP contribution in [0.25, 0.3) is 11.0 Å². The maximum Gasteiger partial charge on any atom is 0.255 e. The van der Waals surface area contributed by atoms with Crippen molar-refractivity contribution in [2.45, 2.75) is 103 Å². The molecule has 0 aliphatic heterocycles. The van der Waals surface area contributed by atoms with E-state index in [1.54, 1.807) is 45.2 Å². The number of fused-ring (bicyclic) bond motifs is 1. The van der Waals surface area contributed by atoms with Crippen molar-refractivity contribution in [2.24, 2.45) is 23.7 Å². The Balaban J connectivity index is 1.43. The van der Waals surface area contributed by atoms with Crippen LogP contribution in [0.3, 0.4) is 0 Å². The van der Waals surface area contributed by atoms with Crippen molar-refractivity contribution in [2.75, 3.05) is 46.8 Å². The number of nitrogens with one attached hydrogen (secondary N) is 4. The Labute approximate surface area is 337 Å². The summed E-state index contributed by atoms with van der Waals surface area (Å²) < 4.78 is 21.9. The van der Waals surface area contributed by atoms with Crippen molar-refractivity contribution in [1.29, 1.82) is 0 Å². The molecule has 0 radical (unpaired) electrons. The molecule has 0 unspecified atom stereocenters. The summed E-state index contributed by atoms with van der Waals surface area (Å²) in [6.07, 6.45) is 3.14. The van der Waals surface area contributed by atoms with Gasteiger partial charge < -0.3 is 50.1 Å². The van der Waals surface area contributed by atoms with Crippen LogP contribution >= 0.6 is 0 Å². The largest absolute Gasteiger partial charge is 0.490 e. The highest BCUT2D eigenvalue weighted by Crippen LogP contribution is 2.31. The number of aliphatic hydroxyl groups is 2. The number of hydrogen-bond donors (Lipinski definition) is 6. The number of H-pyrrole nitrogens is 1. The Hall–Kier alpha value is -4.08. The minimum atomic E-state index is -1.54. The Morgan fingerprint density at radius 2 is 1.51 bits per heavy atom. The number of hydrogen-bond acceptors (Lipinski definition) is 10. The number of benzene rings is 2. The van der Waals surface area contributed by atoms with Gasteiger partial charge in [0.15, 0.2) is 0 Å². The molecule has 1 aliphatic carbocycles. The molecule has 4 rings (SSSR count). The summed E-state index contributed by atoms with van der Waals surface area (Å²) in [6, 6.07) is 12.7. The van der Waals surface area contributed by atoms with Crippen LogP contribution in [-0.2, 0) is 30.3 Å². The first-order valence-electron chi connectivity index (χ1n) is 20.6. The van der Waals surface area contributed by atoms with Gasteiger partial charge in [0.2, 0.25) is 11.8 Å². The van der Waals surface area contributed by atoms with Gasteiger partial charge in [-0.3, -0.25) is 14.4 Å². The van der Waals surface area contributed by atoms with Crippen molar-refractivity contribution in [1.82, 2.24) is 25.9 Å². The average Bonchev–Trinajstić information content (AvgIpc) is 3.64. The highest BCUT2D eigenvalue weighted by molar-refractivity contribution is 5.97.